The SMILES string of the molecule is COC(=O)CC(=O)CS(=O)(=O)c1ccc(OC)c(OC)c1. The molecule has 0 bridgehead atoms. The van der Waals surface area contributed by atoms with Gasteiger partial charge >= 0.3 is 5.97 Å². The van der Waals surface area contributed by atoms with Gasteiger partial charge in [-0.25, -0.2) is 8.42 Å². The van der Waals surface area contributed by atoms with E-state index in [2.05, 4.69) is 4.74 Å². The quantitative estimate of drug-likeness (QED) is 0.537. The highest BCUT2D eigenvalue weighted by Gasteiger charge is 2.22. The molecule has 1 rings (SSSR count). The van der Waals surface area contributed by atoms with E-state index in [1.165, 1.54) is 32.4 Å². The van der Waals surface area contributed by atoms with E-state index in [9.17, 15) is 18.0 Å². The molecule has 0 fully saturated rings. The molecule has 0 saturated heterocycles. The van der Waals surface area contributed by atoms with Gasteiger partial charge in [0.25, 0.3) is 0 Å². The number of carbonyl (C=O) groups is 2. The summed E-state index contributed by atoms with van der Waals surface area (Å²) in [6, 6.07) is 4.00. The number of methoxy groups -OCH3 is 3. The number of rotatable bonds is 7. The van der Waals surface area contributed by atoms with Gasteiger partial charge in [-0.15, -0.1) is 0 Å². The summed E-state index contributed by atoms with van der Waals surface area (Å²) < 4.78 is 38.6. The number of carbonyl (C=O) groups excluding carboxylic acids is 2. The number of sulfone groups is 1. The lowest BCUT2D eigenvalue weighted by Gasteiger charge is -2.09. The van der Waals surface area contributed by atoms with E-state index >= 15 is 0 Å². The third-order valence-corrected chi connectivity index (χ3v) is 4.31. The summed E-state index contributed by atoms with van der Waals surface area (Å²) >= 11 is 0. The van der Waals surface area contributed by atoms with Gasteiger partial charge in [-0.3, -0.25) is 9.59 Å². The number of hydrogen-bond donors (Lipinski definition) is 0. The molecule has 0 amide bonds. The second-order valence-electron chi connectivity index (χ2n) is 4.07. The molecular formula is C13H16O7S. The van der Waals surface area contributed by atoms with Crippen LogP contribution < -0.4 is 9.47 Å². The lowest BCUT2D eigenvalue weighted by Crippen LogP contribution is -2.19. The summed E-state index contributed by atoms with van der Waals surface area (Å²) in [7, 11) is 0.0539. The topological polar surface area (TPSA) is 96.0 Å². The number of hydrogen-bond acceptors (Lipinski definition) is 7. The molecule has 0 radical (unpaired) electrons. The van der Waals surface area contributed by atoms with Crippen LogP contribution in [0, 0.1) is 0 Å². The van der Waals surface area contributed by atoms with E-state index < -0.39 is 33.8 Å². The van der Waals surface area contributed by atoms with Crippen LogP contribution in [0.2, 0.25) is 0 Å². The van der Waals surface area contributed by atoms with Crippen molar-refractivity contribution in [3.05, 3.63) is 18.2 Å². The Morgan fingerprint density at radius 3 is 2.19 bits per heavy atom. The zero-order valence-electron chi connectivity index (χ0n) is 11.9. The van der Waals surface area contributed by atoms with E-state index in [0.29, 0.717) is 5.75 Å². The Bertz CT molecular complexity index is 634. The molecule has 0 spiro atoms. The third-order valence-electron chi connectivity index (χ3n) is 2.63. The molecule has 8 heteroatoms. The molecular weight excluding hydrogens is 300 g/mol. The van der Waals surface area contributed by atoms with E-state index in [-0.39, 0.29) is 10.6 Å². The molecule has 0 atom stereocenters. The van der Waals surface area contributed by atoms with Crippen LogP contribution in [0.1, 0.15) is 6.42 Å². The van der Waals surface area contributed by atoms with Crippen molar-refractivity contribution in [2.24, 2.45) is 0 Å². The maximum absolute atomic E-state index is 12.1. The van der Waals surface area contributed by atoms with E-state index in [0.717, 1.165) is 7.11 Å². The lowest BCUT2D eigenvalue weighted by atomic mass is 10.3. The summed E-state index contributed by atoms with van der Waals surface area (Å²) in [5.41, 5.74) is 0. The van der Waals surface area contributed by atoms with Gasteiger partial charge in [0.15, 0.2) is 27.1 Å². The molecule has 0 aliphatic rings. The Kier molecular flexibility index (Phi) is 5.71. The predicted molar refractivity (Wildman–Crippen MR) is 73.2 cm³/mol. The first kappa shape index (κ1) is 17.0. The average molecular weight is 316 g/mol. The van der Waals surface area contributed by atoms with Crippen molar-refractivity contribution in [3.8, 4) is 11.5 Å². The first-order valence-electron chi connectivity index (χ1n) is 5.87. The van der Waals surface area contributed by atoms with Crippen LogP contribution in [0.4, 0.5) is 0 Å². The number of ether oxygens (including phenoxy) is 3. The van der Waals surface area contributed by atoms with Crippen molar-refractivity contribution < 1.29 is 32.2 Å². The molecule has 0 saturated carbocycles. The summed E-state index contributed by atoms with van der Waals surface area (Å²) in [5, 5.41) is 0. The van der Waals surface area contributed by atoms with Crippen LogP contribution in [0.5, 0.6) is 11.5 Å². The van der Waals surface area contributed by atoms with Gasteiger partial charge in [-0.1, -0.05) is 0 Å². The number of esters is 1. The Labute approximate surface area is 122 Å². The van der Waals surface area contributed by atoms with E-state index in [4.69, 9.17) is 9.47 Å². The van der Waals surface area contributed by atoms with Crippen LogP contribution in [0.15, 0.2) is 23.1 Å². The summed E-state index contributed by atoms with van der Waals surface area (Å²) in [4.78, 5) is 22.4. The van der Waals surface area contributed by atoms with Gasteiger partial charge in [-0.05, 0) is 12.1 Å². The summed E-state index contributed by atoms with van der Waals surface area (Å²) in [6.07, 6.45) is -0.580. The van der Waals surface area contributed by atoms with Crippen molar-refractivity contribution in [2.75, 3.05) is 27.1 Å². The molecule has 0 unspecified atom stereocenters. The summed E-state index contributed by atoms with van der Waals surface area (Å²) in [6.45, 7) is 0. The highest BCUT2D eigenvalue weighted by atomic mass is 32.2. The van der Waals surface area contributed by atoms with Gasteiger partial charge in [0.1, 0.15) is 12.2 Å². The lowest BCUT2D eigenvalue weighted by molar-refractivity contribution is -0.142. The van der Waals surface area contributed by atoms with Gasteiger partial charge in [0.05, 0.1) is 26.2 Å². The fraction of sp³-hybridized carbons (Fsp3) is 0.385. The van der Waals surface area contributed by atoms with Crippen molar-refractivity contribution in [3.63, 3.8) is 0 Å². The molecule has 0 aromatic heterocycles. The van der Waals surface area contributed by atoms with Crippen LogP contribution >= 0.6 is 0 Å². The van der Waals surface area contributed by atoms with Crippen LogP contribution in [0.25, 0.3) is 0 Å². The van der Waals surface area contributed by atoms with E-state index in [1.807, 2.05) is 0 Å². The molecule has 0 N–H and O–H groups in total. The smallest absolute Gasteiger partial charge is 0.313 e. The van der Waals surface area contributed by atoms with Crippen molar-refractivity contribution in [1.29, 1.82) is 0 Å². The van der Waals surface area contributed by atoms with Gasteiger partial charge < -0.3 is 14.2 Å². The molecule has 1 aromatic rings. The number of benzene rings is 1. The monoisotopic (exact) mass is 316 g/mol. The zero-order valence-corrected chi connectivity index (χ0v) is 12.7. The first-order chi connectivity index (χ1) is 9.83. The van der Waals surface area contributed by atoms with E-state index in [1.54, 1.807) is 0 Å². The van der Waals surface area contributed by atoms with Crippen molar-refractivity contribution >= 4 is 21.6 Å². The standard InChI is InChI=1S/C13H16O7S/c1-18-11-5-4-10(7-12(11)19-2)21(16,17)8-9(14)6-13(15)20-3/h4-5,7H,6,8H2,1-3H3. The molecule has 0 aliphatic heterocycles. The van der Waals surface area contributed by atoms with Gasteiger partial charge in [-0.2, -0.15) is 0 Å². The fourth-order valence-corrected chi connectivity index (χ4v) is 2.84. The van der Waals surface area contributed by atoms with Crippen LogP contribution in [-0.4, -0.2) is 47.3 Å². The second-order valence-corrected chi connectivity index (χ2v) is 6.06. The maximum atomic E-state index is 12.1. The predicted octanol–water partition coefficient (Wildman–Crippen LogP) is 0.610. The maximum Gasteiger partial charge on any atom is 0.313 e. The largest absolute Gasteiger partial charge is 0.493 e. The zero-order chi connectivity index (χ0) is 16.0. The normalized spacial score (nSPS) is 10.8. The van der Waals surface area contributed by atoms with Crippen LogP contribution in [0.3, 0.4) is 0 Å². The molecule has 7 nitrogen and oxygen atoms in total. The molecule has 0 aliphatic carbocycles. The number of Topliss-reactive ketones (excluding diaryl/α,β-unsaturated/α-hetero) is 1. The fourth-order valence-electron chi connectivity index (χ4n) is 1.59. The van der Waals surface area contributed by atoms with Gasteiger partial charge in [0, 0.05) is 6.07 Å². The molecule has 0 heterocycles. The highest BCUT2D eigenvalue weighted by Crippen LogP contribution is 2.29. The van der Waals surface area contributed by atoms with Crippen LogP contribution in [-0.2, 0) is 24.2 Å². The van der Waals surface area contributed by atoms with Crippen molar-refractivity contribution in [1.82, 2.24) is 0 Å². The van der Waals surface area contributed by atoms with Gasteiger partial charge in [0.2, 0.25) is 0 Å². The first-order valence-corrected chi connectivity index (χ1v) is 7.52. The minimum atomic E-state index is -3.86. The average Bonchev–Trinajstić information content (AvgIpc) is 2.45. The minimum Gasteiger partial charge on any atom is -0.493 e. The Morgan fingerprint density at radius 2 is 1.67 bits per heavy atom. The number of ketones is 1. The minimum absolute atomic E-state index is 0.0848. The molecule has 1 aromatic carbocycles. The van der Waals surface area contributed by atoms with Crippen molar-refractivity contribution in [2.45, 2.75) is 11.3 Å². The Morgan fingerprint density at radius 1 is 1.05 bits per heavy atom. The second kappa shape index (κ2) is 7.07. The molecule has 21 heavy (non-hydrogen) atoms. The Hall–Kier alpha value is -2.09. The Balaban J connectivity index is 2.98. The molecule has 116 valence electrons. The highest BCUT2D eigenvalue weighted by molar-refractivity contribution is 7.92. The third kappa shape index (κ3) is 4.45. The summed E-state index contributed by atoms with van der Waals surface area (Å²) in [5.74, 6) is -1.69.